The lowest BCUT2D eigenvalue weighted by atomic mass is 10.0. The van der Waals surface area contributed by atoms with Crippen molar-refractivity contribution in [1.29, 1.82) is 0 Å². The third-order valence-electron chi connectivity index (χ3n) is 2.07. The molecule has 68 valence electrons. The monoisotopic (exact) mass is 242 g/mol. The maximum absolute atomic E-state index is 3.60. The van der Waals surface area contributed by atoms with Gasteiger partial charge in [0.15, 0.2) is 0 Å². The van der Waals surface area contributed by atoms with E-state index in [0.717, 1.165) is 0 Å². The van der Waals surface area contributed by atoms with Crippen molar-refractivity contribution >= 4 is 31.1 Å². The van der Waals surface area contributed by atoms with Crippen LogP contribution in [0, 0.1) is 0 Å². The van der Waals surface area contributed by atoms with Crippen LogP contribution in [-0.4, -0.2) is 18.2 Å². The van der Waals surface area contributed by atoms with Gasteiger partial charge in [0.1, 0.15) is 0 Å². The van der Waals surface area contributed by atoms with Crippen molar-refractivity contribution in [3.63, 3.8) is 0 Å². The van der Waals surface area contributed by atoms with E-state index < -0.39 is 0 Å². The summed E-state index contributed by atoms with van der Waals surface area (Å²) >= 11 is 3.56. The Morgan fingerprint density at radius 1 is 1.17 bits per heavy atom. The molecule has 0 radical (unpaired) electrons. The van der Waals surface area contributed by atoms with E-state index in [2.05, 4.69) is 30.9 Å². The molecule has 0 N–H and O–H groups in total. The quantitative estimate of drug-likeness (QED) is 0.586. The van der Waals surface area contributed by atoms with Crippen LogP contribution in [0.15, 0.2) is 9.78 Å². The van der Waals surface area contributed by atoms with Crippen LogP contribution in [0.5, 0.6) is 0 Å². The average molecular weight is 243 g/mol. The second-order valence-corrected chi connectivity index (χ2v) is 5.88. The van der Waals surface area contributed by atoms with Gasteiger partial charge >= 0.3 is 18.2 Å². The van der Waals surface area contributed by atoms with Crippen LogP contribution in [0.4, 0.5) is 0 Å². The molecular weight excluding hydrogens is 224 g/mol. The number of hydrogen-bond donors (Lipinski definition) is 0. The maximum atomic E-state index is 3.60. The Hall–Kier alpha value is 0.986. The van der Waals surface area contributed by atoms with Gasteiger partial charge in [-0.3, -0.25) is 12.9 Å². The Balaban J connectivity index is 3.62. The van der Waals surface area contributed by atoms with Crippen molar-refractivity contribution in [2.75, 3.05) is 0 Å². The Morgan fingerprint density at radius 3 is 2.00 bits per heavy atom. The van der Waals surface area contributed by atoms with Crippen molar-refractivity contribution in [3.05, 3.63) is 9.78 Å². The van der Waals surface area contributed by atoms with Gasteiger partial charge in [-0.2, -0.15) is 4.21 Å². The summed E-state index contributed by atoms with van der Waals surface area (Å²) in [7, 11) is 0. The first-order valence-electron chi connectivity index (χ1n) is 5.09. The topological polar surface area (TPSA) is 0 Å². The molecule has 0 nitrogen and oxygen atoms in total. The first-order valence-corrected chi connectivity index (χ1v) is 9.80. The molecule has 0 unspecified atom stereocenters. The minimum absolute atomic E-state index is 0.0389. The predicted molar refractivity (Wildman–Crippen MR) is 61.8 cm³/mol. The van der Waals surface area contributed by atoms with E-state index in [1.165, 1.54) is 38.5 Å². The average Bonchev–Trinajstić information content (AvgIpc) is 2.10. The minimum Gasteiger partial charge on any atom is -0.297 e. The van der Waals surface area contributed by atoms with Gasteiger partial charge < -0.3 is 0 Å². The molecule has 0 rings (SSSR count). The molecule has 0 aromatic rings. The van der Waals surface area contributed by atoms with Crippen molar-refractivity contribution in [1.82, 2.24) is 0 Å². The fourth-order valence-corrected chi connectivity index (χ4v) is 3.25. The molecule has 0 aliphatic rings. The van der Waals surface area contributed by atoms with Crippen molar-refractivity contribution < 1.29 is 0 Å². The molecule has 0 saturated carbocycles. The number of hydrogen-bond acceptors (Lipinski definition) is 0. The second kappa shape index (κ2) is 10.1. The zero-order valence-electron chi connectivity index (χ0n) is 8.41. The van der Waals surface area contributed by atoms with Gasteiger partial charge in [0.2, 0.25) is 0 Å². The van der Waals surface area contributed by atoms with E-state index >= 15 is 0 Å². The first-order chi connectivity index (χ1) is 5.85. The molecule has 0 aliphatic carbocycles. The number of allylic oxidation sites excluding steroid dienone is 1. The molecule has 0 fully saturated rings. The van der Waals surface area contributed by atoms with Gasteiger partial charge in [0, 0.05) is 0 Å². The molecule has 0 saturated heterocycles. The summed E-state index contributed by atoms with van der Waals surface area (Å²) in [6.45, 7) is 4.53. The van der Waals surface area contributed by atoms with E-state index in [4.69, 9.17) is 0 Å². The molecule has 0 aromatic heterocycles. The summed E-state index contributed by atoms with van der Waals surface area (Å²) in [6.07, 6.45) is 8.08. The van der Waals surface area contributed by atoms with E-state index in [1.807, 2.05) is 0 Å². The van der Waals surface area contributed by atoms with Crippen LogP contribution in [0.25, 0.3) is 0 Å². The largest absolute Gasteiger partial charge is 0.498 e. The van der Waals surface area contributed by atoms with Crippen LogP contribution in [0.3, 0.4) is 0 Å². The van der Waals surface area contributed by atoms with E-state index in [9.17, 15) is 0 Å². The molecule has 0 aromatic carbocycles. The fourth-order valence-electron chi connectivity index (χ4n) is 1.25. The molecule has 12 heavy (non-hydrogen) atoms. The predicted octanol–water partition coefficient (Wildman–Crippen LogP) is 4.26. The lowest BCUT2D eigenvalue weighted by Gasteiger charge is -2.05. The fraction of sp³-hybridized carbons (Fsp3) is 0.800. The zero-order valence-corrected chi connectivity index (χ0v) is 11.4. The van der Waals surface area contributed by atoms with E-state index in [0.29, 0.717) is 0 Å². The van der Waals surface area contributed by atoms with Crippen molar-refractivity contribution in [2.45, 2.75) is 52.4 Å². The third kappa shape index (κ3) is 7.63. The number of halogens is 1. The van der Waals surface area contributed by atoms with Crippen molar-refractivity contribution in [2.24, 2.45) is 0 Å². The Bertz CT molecular complexity index is 111. The molecule has 0 amide bonds. The first kappa shape index (κ1) is 13.0. The summed E-state index contributed by atoms with van der Waals surface area (Å²) in [5.74, 6) is 0. The maximum Gasteiger partial charge on any atom is 0.498 e. The highest BCUT2D eigenvalue weighted by molar-refractivity contribution is 9.23. The van der Waals surface area contributed by atoms with Gasteiger partial charge in [0.05, 0.1) is 0 Å². The highest BCUT2D eigenvalue weighted by Gasteiger charge is 1.96. The number of rotatable bonds is 7. The summed E-state index contributed by atoms with van der Waals surface area (Å²) in [5, 5.41) is 0. The Morgan fingerprint density at radius 2 is 1.67 bits per heavy atom. The highest BCUT2D eigenvalue weighted by atomic mass is 79.9. The van der Waals surface area contributed by atoms with Crippen LogP contribution in [0.2, 0.25) is 0 Å². The molecule has 0 heterocycles. The molecule has 0 spiro atoms. The molecule has 0 aliphatic heterocycles. The standard InChI is InChI=1S/C10H19.BrH.Mg/c1-4-6-8-10(3)9-7-5-2;;/h3H,4-9H2,1-2H3;1H;/q;;+1/p-1. The third-order valence-corrected chi connectivity index (χ3v) is 3.77. The molecule has 0 atom stereocenters. The lowest BCUT2D eigenvalue weighted by Crippen LogP contribution is -1.86. The summed E-state index contributed by atoms with van der Waals surface area (Å²) < 4.78 is 2.48. The SMILES string of the molecule is CCCCC(=[CH][Mg][Br])CCCC. The van der Waals surface area contributed by atoms with Crippen LogP contribution in [-0.2, 0) is 0 Å². The van der Waals surface area contributed by atoms with Gasteiger partial charge in [-0.1, -0.05) is 26.7 Å². The molecule has 0 bridgehead atoms. The van der Waals surface area contributed by atoms with Gasteiger partial charge in [-0.25, -0.2) is 0 Å². The summed E-state index contributed by atoms with van der Waals surface area (Å²) in [5.41, 5.74) is 1.71. The van der Waals surface area contributed by atoms with Gasteiger partial charge in [0.25, 0.3) is 0 Å². The molecular formula is C10H19BrMg. The van der Waals surface area contributed by atoms with Crippen LogP contribution >= 0.6 is 12.9 Å². The van der Waals surface area contributed by atoms with Crippen LogP contribution in [0.1, 0.15) is 52.4 Å². The second-order valence-electron chi connectivity index (χ2n) is 3.22. The van der Waals surface area contributed by atoms with Gasteiger partial charge in [-0.15, -0.1) is 5.57 Å². The smallest absolute Gasteiger partial charge is 0.297 e. The molecule has 2 heteroatoms. The lowest BCUT2D eigenvalue weighted by molar-refractivity contribution is 0.714. The minimum atomic E-state index is -0.0389. The normalized spacial score (nSPS) is 9.25. The van der Waals surface area contributed by atoms with Crippen molar-refractivity contribution in [3.8, 4) is 0 Å². The zero-order chi connectivity index (χ0) is 9.23. The van der Waals surface area contributed by atoms with Gasteiger partial charge in [-0.05, 0) is 25.7 Å². The summed E-state index contributed by atoms with van der Waals surface area (Å²) in [4.78, 5) is 0. The van der Waals surface area contributed by atoms with Crippen LogP contribution < -0.4 is 0 Å². The highest BCUT2D eigenvalue weighted by Crippen LogP contribution is 2.14. The Labute approximate surface area is 92.8 Å². The van der Waals surface area contributed by atoms with E-state index in [1.54, 1.807) is 5.57 Å². The Kier molecular flexibility index (Phi) is 10.9. The van der Waals surface area contributed by atoms with E-state index in [-0.39, 0.29) is 18.2 Å². The summed E-state index contributed by atoms with van der Waals surface area (Å²) in [6, 6.07) is 0. The number of unbranched alkanes of at least 4 members (excludes halogenated alkanes) is 2.